The van der Waals surface area contributed by atoms with E-state index in [-0.39, 0.29) is 6.54 Å². The molecule has 0 aliphatic carbocycles. The molecule has 0 spiro atoms. The van der Waals surface area contributed by atoms with Crippen LogP contribution in [0.3, 0.4) is 0 Å². The first-order valence-corrected chi connectivity index (χ1v) is 4.81. The van der Waals surface area contributed by atoms with Crippen molar-refractivity contribution in [2.75, 3.05) is 13.1 Å². The molecule has 1 fully saturated rings. The maximum absolute atomic E-state index is 11.0. The third-order valence-corrected chi connectivity index (χ3v) is 2.85. The van der Waals surface area contributed by atoms with E-state index in [1.54, 1.807) is 0 Å². The topological polar surface area (TPSA) is 66.5 Å². The third-order valence-electron chi connectivity index (χ3n) is 1.38. The van der Waals surface area contributed by atoms with Gasteiger partial charge in [0.25, 0.3) is 0 Å². The van der Waals surface area contributed by atoms with Crippen LogP contribution in [0.4, 0.5) is 0 Å². The van der Waals surface area contributed by atoms with E-state index in [9.17, 15) is 13.2 Å². The molecule has 5 nitrogen and oxygen atoms in total. The van der Waals surface area contributed by atoms with Crippen LogP contribution in [-0.4, -0.2) is 31.7 Å². The summed E-state index contributed by atoms with van der Waals surface area (Å²) in [5.41, 5.74) is 0. The number of amides is 1. The Labute approximate surface area is 65.6 Å². The first-order valence-electron chi connectivity index (χ1n) is 3.37. The average Bonchev–Trinajstić information content (AvgIpc) is 2.07. The highest BCUT2D eigenvalue weighted by molar-refractivity contribution is 7.88. The fourth-order valence-corrected chi connectivity index (χ4v) is 2.13. The lowest BCUT2D eigenvalue weighted by Crippen LogP contribution is -2.30. The summed E-state index contributed by atoms with van der Waals surface area (Å²) < 4.78 is 24.9. The molecule has 0 aromatic rings. The molecule has 1 aliphatic rings. The first kappa shape index (κ1) is 8.48. The van der Waals surface area contributed by atoms with Crippen molar-refractivity contribution in [1.29, 1.82) is 0 Å². The van der Waals surface area contributed by atoms with Crippen molar-refractivity contribution >= 4 is 16.1 Å². The Morgan fingerprint density at radius 2 is 2.27 bits per heavy atom. The summed E-state index contributed by atoms with van der Waals surface area (Å²) in [5.74, 6) is -0.446. The summed E-state index contributed by atoms with van der Waals surface area (Å²) in [7, 11) is -3.46. The quantitative estimate of drug-likeness (QED) is 0.594. The second-order valence-electron chi connectivity index (χ2n) is 2.36. The molecule has 6 heteroatoms. The van der Waals surface area contributed by atoms with Crippen molar-refractivity contribution in [3.05, 3.63) is 0 Å². The molecule has 0 aromatic heterocycles. The fraction of sp³-hybridized carbons (Fsp3) is 0.800. The van der Waals surface area contributed by atoms with Gasteiger partial charge in [0, 0.05) is 6.54 Å². The number of hydrogen-bond donors (Lipinski definition) is 1. The van der Waals surface area contributed by atoms with Crippen LogP contribution in [0, 0.1) is 0 Å². The molecule has 1 amide bonds. The van der Waals surface area contributed by atoms with Crippen molar-refractivity contribution in [2.45, 2.75) is 13.3 Å². The van der Waals surface area contributed by atoms with E-state index in [0.717, 1.165) is 4.31 Å². The van der Waals surface area contributed by atoms with Crippen LogP contribution in [-0.2, 0) is 15.0 Å². The van der Waals surface area contributed by atoms with Gasteiger partial charge in [0.15, 0.2) is 0 Å². The molecule has 64 valence electrons. The lowest BCUT2D eigenvalue weighted by Gasteiger charge is -2.08. The minimum Gasteiger partial charge on any atom is -0.272 e. The van der Waals surface area contributed by atoms with Gasteiger partial charge < -0.3 is 0 Å². The Morgan fingerprint density at radius 3 is 2.64 bits per heavy atom. The average molecular weight is 178 g/mol. The van der Waals surface area contributed by atoms with Crippen LogP contribution in [0.2, 0.25) is 0 Å². The molecule has 0 aromatic carbocycles. The van der Waals surface area contributed by atoms with Crippen molar-refractivity contribution in [2.24, 2.45) is 0 Å². The maximum atomic E-state index is 11.0. The number of hydrogen-bond acceptors (Lipinski definition) is 3. The van der Waals surface area contributed by atoms with Crippen molar-refractivity contribution in [1.82, 2.24) is 9.03 Å². The molecule has 1 saturated heterocycles. The largest absolute Gasteiger partial charge is 0.304 e. The van der Waals surface area contributed by atoms with Gasteiger partial charge in [-0.15, -0.1) is 0 Å². The van der Waals surface area contributed by atoms with Crippen molar-refractivity contribution in [3.8, 4) is 0 Å². The zero-order valence-corrected chi connectivity index (χ0v) is 7.02. The van der Waals surface area contributed by atoms with Crippen LogP contribution in [0.5, 0.6) is 0 Å². The lowest BCUT2D eigenvalue weighted by atomic mass is 10.5. The summed E-state index contributed by atoms with van der Waals surface area (Å²) in [6, 6.07) is 0. The van der Waals surface area contributed by atoms with E-state index in [4.69, 9.17) is 0 Å². The molecule has 1 rings (SSSR count). The zero-order valence-electron chi connectivity index (χ0n) is 6.20. The van der Waals surface area contributed by atoms with Crippen LogP contribution < -0.4 is 4.72 Å². The van der Waals surface area contributed by atoms with E-state index >= 15 is 0 Å². The van der Waals surface area contributed by atoms with Crippen molar-refractivity contribution in [3.63, 3.8) is 0 Å². The zero-order chi connectivity index (χ0) is 8.48. The van der Waals surface area contributed by atoms with Gasteiger partial charge >= 0.3 is 10.2 Å². The Morgan fingerprint density at radius 1 is 1.64 bits per heavy atom. The Bertz CT molecular complexity index is 259. The molecule has 0 atom stereocenters. The molecule has 0 unspecified atom stereocenters. The summed E-state index contributed by atoms with van der Waals surface area (Å²) in [6.07, 6.45) is 0.716. The van der Waals surface area contributed by atoms with Gasteiger partial charge in [-0.2, -0.15) is 12.7 Å². The molecule has 0 radical (unpaired) electrons. The van der Waals surface area contributed by atoms with Gasteiger partial charge in [-0.05, 0) is 6.42 Å². The van der Waals surface area contributed by atoms with Gasteiger partial charge in [-0.1, -0.05) is 6.92 Å². The predicted molar refractivity (Wildman–Crippen MR) is 38.9 cm³/mol. The standard InChI is InChI=1S/C5H10N2O3S/c1-2-3-7-4-5(8)6-11(7,9)10/h2-4H2,1H3,(H,6,8). The minimum atomic E-state index is -3.46. The van der Waals surface area contributed by atoms with Gasteiger partial charge in [-0.3, -0.25) is 4.79 Å². The van der Waals surface area contributed by atoms with Crippen LogP contribution in [0.25, 0.3) is 0 Å². The predicted octanol–water partition coefficient (Wildman–Crippen LogP) is -0.927. The highest BCUT2D eigenvalue weighted by Gasteiger charge is 2.32. The number of nitrogens with zero attached hydrogens (tertiary/aromatic N) is 1. The summed E-state index contributed by atoms with van der Waals surface area (Å²) in [4.78, 5) is 10.6. The Kier molecular flexibility index (Phi) is 2.15. The number of carbonyl (C=O) groups excluding carboxylic acids is 1. The Balaban J connectivity index is 2.74. The minimum absolute atomic E-state index is 0.0316. The fourth-order valence-electron chi connectivity index (χ4n) is 0.934. The van der Waals surface area contributed by atoms with E-state index in [1.165, 1.54) is 0 Å². The third kappa shape index (κ3) is 1.69. The van der Waals surface area contributed by atoms with Crippen LogP contribution in [0.15, 0.2) is 0 Å². The van der Waals surface area contributed by atoms with Crippen LogP contribution >= 0.6 is 0 Å². The number of carbonyl (C=O) groups is 1. The molecule has 1 heterocycles. The van der Waals surface area contributed by atoms with Gasteiger partial charge in [0.05, 0.1) is 6.54 Å². The molecule has 0 bridgehead atoms. The lowest BCUT2D eigenvalue weighted by molar-refractivity contribution is -0.118. The van der Waals surface area contributed by atoms with E-state index in [2.05, 4.69) is 0 Å². The van der Waals surface area contributed by atoms with E-state index < -0.39 is 16.1 Å². The maximum Gasteiger partial charge on any atom is 0.304 e. The summed E-state index contributed by atoms with van der Waals surface area (Å²) >= 11 is 0. The van der Waals surface area contributed by atoms with Gasteiger partial charge in [0.2, 0.25) is 5.91 Å². The van der Waals surface area contributed by atoms with E-state index in [1.807, 2.05) is 11.6 Å². The Hall–Kier alpha value is -0.620. The van der Waals surface area contributed by atoms with Crippen molar-refractivity contribution < 1.29 is 13.2 Å². The second-order valence-corrected chi connectivity index (χ2v) is 4.03. The monoisotopic (exact) mass is 178 g/mol. The first-order chi connectivity index (χ1) is 5.06. The number of rotatable bonds is 2. The second kappa shape index (κ2) is 2.78. The molecule has 1 N–H and O–H groups in total. The highest BCUT2D eigenvalue weighted by atomic mass is 32.2. The smallest absolute Gasteiger partial charge is 0.272 e. The van der Waals surface area contributed by atoms with Gasteiger partial charge in [-0.25, -0.2) is 4.72 Å². The summed E-state index contributed by atoms with van der Waals surface area (Å²) in [6.45, 7) is 2.23. The molecular weight excluding hydrogens is 168 g/mol. The SMILES string of the molecule is CCCN1CC(=O)NS1(=O)=O. The molecule has 11 heavy (non-hydrogen) atoms. The van der Waals surface area contributed by atoms with Crippen LogP contribution in [0.1, 0.15) is 13.3 Å². The molecular formula is C5H10N2O3S. The van der Waals surface area contributed by atoms with Gasteiger partial charge in [0.1, 0.15) is 0 Å². The van der Waals surface area contributed by atoms with E-state index in [0.29, 0.717) is 13.0 Å². The highest BCUT2D eigenvalue weighted by Crippen LogP contribution is 2.05. The normalized spacial score (nSPS) is 23.5. The summed E-state index contributed by atoms with van der Waals surface area (Å²) in [5, 5.41) is 0. The molecule has 1 aliphatic heterocycles. The number of nitrogens with one attached hydrogen (secondary N) is 1. The molecule has 0 saturated carbocycles.